The Labute approximate surface area is 112 Å². The molecule has 100 valence electrons. The van der Waals surface area contributed by atoms with Gasteiger partial charge in [-0.05, 0) is 13.0 Å². The lowest BCUT2D eigenvalue weighted by Crippen LogP contribution is -2.08. The van der Waals surface area contributed by atoms with Crippen LogP contribution in [0.4, 0.5) is 5.82 Å². The molecule has 5 nitrogen and oxygen atoms in total. The summed E-state index contributed by atoms with van der Waals surface area (Å²) in [6.07, 6.45) is 0. The fourth-order valence-electron chi connectivity index (χ4n) is 2.19. The molecule has 2 heterocycles. The lowest BCUT2D eigenvalue weighted by atomic mass is 10.2. The van der Waals surface area contributed by atoms with Gasteiger partial charge in [-0.15, -0.1) is 0 Å². The summed E-state index contributed by atoms with van der Waals surface area (Å²) in [5.74, 6) is 1.31. The number of hydrogen-bond acceptors (Lipinski definition) is 4. The lowest BCUT2D eigenvalue weighted by Gasteiger charge is -2.05. The van der Waals surface area contributed by atoms with Crippen LogP contribution in [0.5, 0.6) is 0 Å². The molecule has 2 aromatic heterocycles. The number of fused-ring (bicyclic) bond motifs is 3. The van der Waals surface area contributed by atoms with Gasteiger partial charge in [-0.2, -0.15) is 0 Å². The number of imidazole rings is 1. The van der Waals surface area contributed by atoms with E-state index >= 15 is 0 Å². The van der Waals surface area contributed by atoms with Crippen LogP contribution in [0, 0.1) is 6.92 Å². The summed E-state index contributed by atoms with van der Waals surface area (Å²) >= 11 is 0. The van der Waals surface area contributed by atoms with Crippen molar-refractivity contribution < 1.29 is 0 Å². The molecule has 19 heavy (non-hydrogen) atoms. The third-order valence-corrected chi connectivity index (χ3v) is 2.98. The van der Waals surface area contributed by atoms with Crippen LogP contribution < -0.4 is 11.5 Å². The van der Waals surface area contributed by atoms with E-state index in [-0.39, 0.29) is 0 Å². The zero-order chi connectivity index (χ0) is 14.0. The summed E-state index contributed by atoms with van der Waals surface area (Å²) in [6.45, 7) is 6.30. The highest BCUT2D eigenvalue weighted by atomic mass is 15.1. The summed E-state index contributed by atoms with van der Waals surface area (Å²) in [7, 11) is 0. The fourth-order valence-corrected chi connectivity index (χ4v) is 2.19. The van der Waals surface area contributed by atoms with Crippen molar-refractivity contribution in [2.45, 2.75) is 27.4 Å². The normalized spacial score (nSPS) is 10.5. The van der Waals surface area contributed by atoms with Crippen molar-refractivity contribution >= 4 is 27.8 Å². The summed E-state index contributed by atoms with van der Waals surface area (Å²) in [5, 5.41) is 1.03. The lowest BCUT2D eigenvalue weighted by molar-refractivity contribution is 0.727. The monoisotopic (exact) mass is 257 g/mol. The van der Waals surface area contributed by atoms with Crippen LogP contribution >= 0.6 is 0 Å². The largest absolute Gasteiger partial charge is 0.382 e. The molecule has 0 spiro atoms. The molecule has 0 aliphatic rings. The molecule has 0 amide bonds. The second-order valence-corrected chi connectivity index (χ2v) is 3.98. The van der Waals surface area contributed by atoms with Crippen molar-refractivity contribution in [3.63, 3.8) is 0 Å². The number of aryl methyl sites for hydroxylation is 1. The van der Waals surface area contributed by atoms with Crippen LogP contribution in [0.1, 0.15) is 19.7 Å². The molecular formula is C14H19N5. The second kappa shape index (κ2) is 5.24. The van der Waals surface area contributed by atoms with Gasteiger partial charge in [-0.3, -0.25) is 0 Å². The van der Waals surface area contributed by atoms with Crippen molar-refractivity contribution in [2.24, 2.45) is 5.73 Å². The first-order valence-corrected chi connectivity index (χ1v) is 6.43. The molecule has 1 aromatic carbocycles. The Morgan fingerprint density at radius 3 is 2.53 bits per heavy atom. The van der Waals surface area contributed by atoms with Gasteiger partial charge in [-0.25, -0.2) is 9.97 Å². The number of nitrogens with two attached hydrogens (primary N) is 2. The molecule has 3 aromatic rings. The summed E-state index contributed by atoms with van der Waals surface area (Å²) in [5.41, 5.74) is 14.3. The van der Waals surface area contributed by atoms with E-state index in [1.165, 1.54) is 0 Å². The first kappa shape index (κ1) is 13.3. The predicted molar refractivity (Wildman–Crippen MR) is 79.7 cm³/mol. The molecule has 3 rings (SSSR count). The molecule has 4 N–H and O–H groups in total. The molecule has 0 radical (unpaired) electrons. The van der Waals surface area contributed by atoms with Crippen LogP contribution in [0.2, 0.25) is 0 Å². The quantitative estimate of drug-likeness (QED) is 0.701. The molecule has 0 aliphatic carbocycles. The standard InChI is InChI=1S/C12H13N5.C2H6/c1-7-15-10-11(17(7)6-13)8-4-2-3-5-9(8)16-12(10)14;1-2/h2-5H,6,13H2,1H3,(H2,14,16);1-2H3. The van der Waals surface area contributed by atoms with E-state index in [9.17, 15) is 0 Å². The number of benzene rings is 1. The Morgan fingerprint density at radius 1 is 1.16 bits per heavy atom. The minimum absolute atomic E-state index is 0.385. The number of rotatable bonds is 1. The summed E-state index contributed by atoms with van der Waals surface area (Å²) in [6, 6.07) is 7.87. The van der Waals surface area contributed by atoms with Crippen LogP contribution in [0.3, 0.4) is 0 Å². The Balaban J connectivity index is 0.000000637. The van der Waals surface area contributed by atoms with E-state index in [4.69, 9.17) is 11.5 Å². The average molecular weight is 257 g/mol. The van der Waals surface area contributed by atoms with Crippen LogP contribution in [0.15, 0.2) is 24.3 Å². The smallest absolute Gasteiger partial charge is 0.152 e. The summed E-state index contributed by atoms with van der Waals surface area (Å²) < 4.78 is 1.95. The molecule has 0 atom stereocenters. The molecule has 0 saturated carbocycles. The van der Waals surface area contributed by atoms with Crippen molar-refractivity contribution in [2.75, 3.05) is 5.73 Å². The van der Waals surface area contributed by atoms with Gasteiger partial charge in [0.2, 0.25) is 0 Å². The molecule has 0 aliphatic heterocycles. The number of para-hydroxylation sites is 1. The maximum absolute atomic E-state index is 5.93. The predicted octanol–water partition coefficient (Wildman–Crippen LogP) is 2.42. The number of aromatic nitrogens is 3. The SMILES string of the molecule is CC.Cc1nc2c(N)nc3ccccc3c2n1CN. The van der Waals surface area contributed by atoms with Gasteiger partial charge in [0.1, 0.15) is 11.3 Å². The maximum atomic E-state index is 5.93. The maximum Gasteiger partial charge on any atom is 0.152 e. The third kappa shape index (κ3) is 2.02. The van der Waals surface area contributed by atoms with Gasteiger partial charge >= 0.3 is 0 Å². The molecule has 0 fully saturated rings. The molecule has 0 saturated heterocycles. The first-order valence-electron chi connectivity index (χ1n) is 6.43. The minimum Gasteiger partial charge on any atom is -0.382 e. The fraction of sp³-hybridized carbons (Fsp3) is 0.286. The van der Waals surface area contributed by atoms with Gasteiger partial charge < -0.3 is 16.0 Å². The van der Waals surface area contributed by atoms with E-state index in [2.05, 4.69) is 9.97 Å². The van der Waals surface area contributed by atoms with Crippen molar-refractivity contribution in [3.8, 4) is 0 Å². The summed E-state index contributed by atoms with van der Waals surface area (Å²) in [4.78, 5) is 8.78. The van der Waals surface area contributed by atoms with E-state index in [1.54, 1.807) is 0 Å². The number of anilines is 1. The average Bonchev–Trinajstić information content (AvgIpc) is 2.78. The molecule has 0 unspecified atom stereocenters. The minimum atomic E-state index is 0.385. The number of nitrogen functional groups attached to an aromatic ring is 1. The van der Waals surface area contributed by atoms with Crippen LogP contribution in [-0.2, 0) is 6.67 Å². The number of pyridine rings is 1. The van der Waals surface area contributed by atoms with Gasteiger partial charge in [0.25, 0.3) is 0 Å². The van der Waals surface area contributed by atoms with Crippen molar-refractivity contribution in [1.29, 1.82) is 0 Å². The molecule has 0 bridgehead atoms. The van der Waals surface area contributed by atoms with E-state index in [0.29, 0.717) is 12.5 Å². The highest BCUT2D eigenvalue weighted by Gasteiger charge is 2.13. The third-order valence-electron chi connectivity index (χ3n) is 2.98. The Hall–Kier alpha value is -2.14. The van der Waals surface area contributed by atoms with Crippen LogP contribution in [0.25, 0.3) is 21.9 Å². The second-order valence-electron chi connectivity index (χ2n) is 3.98. The zero-order valence-corrected chi connectivity index (χ0v) is 11.5. The van der Waals surface area contributed by atoms with E-state index in [1.807, 2.05) is 49.6 Å². The van der Waals surface area contributed by atoms with Crippen LogP contribution in [-0.4, -0.2) is 14.5 Å². The van der Waals surface area contributed by atoms with Gasteiger partial charge in [0.05, 0.1) is 17.7 Å². The van der Waals surface area contributed by atoms with E-state index < -0.39 is 0 Å². The van der Waals surface area contributed by atoms with Gasteiger partial charge in [-0.1, -0.05) is 32.0 Å². The Bertz CT molecular complexity index is 714. The van der Waals surface area contributed by atoms with Crippen molar-refractivity contribution in [3.05, 3.63) is 30.1 Å². The topological polar surface area (TPSA) is 82.8 Å². The first-order chi connectivity index (χ1) is 9.22. The Morgan fingerprint density at radius 2 is 1.84 bits per heavy atom. The molecular weight excluding hydrogens is 238 g/mol. The number of hydrogen-bond donors (Lipinski definition) is 2. The van der Waals surface area contributed by atoms with Gasteiger partial charge in [0.15, 0.2) is 5.82 Å². The highest BCUT2D eigenvalue weighted by Crippen LogP contribution is 2.27. The van der Waals surface area contributed by atoms with Crippen molar-refractivity contribution in [1.82, 2.24) is 14.5 Å². The van der Waals surface area contributed by atoms with Gasteiger partial charge in [0, 0.05) is 5.39 Å². The number of nitrogens with zero attached hydrogens (tertiary/aromatic N) is 3. The van der Waals surface area contributed by atoms with E-state index in [0.717, 1.165) is 27.8 Å². The Kier molecular flexibility index (Phi) is 3.66. The highest BCUT2D eigenvalue weighted by molar-refractivity contribution is 6.06. The molecule has 5 heteroatoms. The zero-order valence-electron chi connectivity index (χ0n) is 11.5.